The van der Waals surface area contributed by atoms with Gasteiger partial charge < -0.3 is 10.5 Å². The number of carbonyl (C=O) groups is 1. The lowest BCUT2D eigenvalue weighted by atomic mass is 10.1. The summed E-state index contributed by atoms with van der Waals surface area (Å²) in [6, 6.07) is 17.3. The van der Waals surface area contributed by atoms with Crippen molar-refractivity contribution < 1.29 is 22.7 Å². The Kier molecular flexibility index (Phi) is 5.22. The van der Waals surface area contributed by atoms with Crippen LogP contribution in [0, 0.1) is 0 Å². The summed E-state index contributed by atoms with van der Waals surface area (Å²) in [5.74, 6) is -0.199. The lowest BCUT2D eigenvalue weighted by Crippen LogP contribution is -2.12. The Morgan fingerprint density at radius 2 is 1.75 bits per heavy atom. The maximum atomic E-state index is 13.0. The number of halogens is 3. The molecule has 0 saturated carbocycles. The summed E-state index contributed by atoms with van der Waals surface area (Å²) in [7, 11) is 1.49. The van der Waals surface area contributed by atoms with Crippen LogP contribution < -0.4 is 10.5 Å². The number of aromatic nitrogens is 2. The Morgan fingerprint density at radius 1 is 1.06 bits per heavy atom. The summed E-state index contributed by atoms with van der Waals surface area (Å²) in [4.78, 5) is 11.6. The largest absolute Gasteiger partial charge is 0.497 e. The van der Waals surface area contributed by atoms with Gasteiger partial charge in [0.2, 0.25) is 5.91 Å². The SMILES string of the molecule is C=C(C(N)=O)c1cc(OC)cc(-n2nc(-c3ccc(C(F)(F)F)cc3)c3ccccc32)c1. The normalized spacial score (nSPS) is 11.5. The van der Waals surface area contributed by atoms with E-state index in [9.17, 15) is 18.0 Å². The van der Waals surface area contributed by atoms with E-state index in [1.807, 2.05) is 24.3 Å². The van der Waals surface area contributed by atoms with Crippen molar-refractivity contribution in [2.75, 3.05) is 7.11 Å². The van der Waals surface area contributed by atoms with Crippen LogP contribution >= 0.6 is 0 Å². The molecule has 0 aliphatic carbocycles. The maximum absolute atomic E-state index is 13.0. The van der Waals surface area contributed by atoms with Crippen LogP contribution in [0.3, 0.4) is 0 Å². The number of carbonyl (C=O) groups excluding carboxylic acids is 1. The van der Waals surface area contributed by atoms with Crippen LogP contribution in [0.15, 0.2) is 73.3 Å². The molecule has 0 fully saturated rings. The van der Waals surface area contributed by atoms with Crippen molar-refractivity contribution >= 4 is 22.4 Å². The van der Waals surface area contributed by atoms with Crippen LogP contribution in [0.4, 0.5) is 13.2 Å². The molecule has 0 unspecified atom stereocenters. The monoisotopic (exact) mass is 437 g/mol. The zero-order valence-electron chi connectivity index (χ0n) is 17.0. The summed E-state index contributed by atoms with van der Waals surface area (Å²) in [5.41, 5.74) is 7.61. The van der Waals surface area contributed by atoms with E-state index in [-0.39, 0.29) is 5.57 Å². The van der Waals surface area contributed by atoms with Crippen LogP contribution in [0.5, 0.6) is 5.75 Å². The molecule has 5 nitrogen and oxygen atoms in total. The quantitative estimate of drug-likeness (QED) is 0.435. The first-order valence-corrected chi connectivity index (χ1v) is 9.53. The zero-order valence-corrected chi connectivity index (χ0v) is 17.0. The van der Waals surface area contributed by atoms with Gasteiger partial charge in [-0.05, 0) is 35.9 Å². The molecule has 2 N–H and O–H groups in total. The Balaban J connectivity index is 1.90. The molecule has 0 aliphatic rings. The van der Waals surface area contributed by atoms with Gasteiger partial charge in [0.1, 0.15) is 11.4 Å². The first kappa shape index (κ1) is 21.2. The first-order chi connectivity index (χ1) is 15.2. The van der Waals surface area contributed by atoms with Crippen LogP contribution in [-0.4, -0.2) is 22.8 Å². The highest BCUT2D eigenvalue weighted by Crippen LogP contribution is 2.34. The lowest BCUT2D eigenvalue weighted by molar-refractivity contribution is -0.137. The van der Waals surface area contributed by atoms with E-state index in [4.69, 9.17) is 10.5 Å². The van der Waals surface area contributed by atoms with Gasteiger partial charge in [-0.3, -0.25) is 4.79 Å². The number of amides is 1. The second-order valence-corrected chi connectivity index (χ2v) is 7.12. The number of ether oxygens (including phenoxy) is 1. The van der Waals surface area contributed by atoms with E-state index >= 15 is 0 Å². The second kappa shape index (κ2) is 7.88. The van der Waals surface area contributed by atoms with Crippen molar-refractivity contribution in [3.8, 4) is 22.7 Å². The number of methoxy groups -OCH3 is 1. The van der Waals surface area contributed by atoms with Crippen molar-refractivity contribution in [2.24, 2.45) is 5.73 Å². The molecular formula is C24H18F3N3O2. The fraction of sp³-hybridized carbons (Fsp3) is 0.0833. The number of nitrogens with two attached hydrogens (primary N) is 1. The lowest BCUT2D eigenvalue weighted by Gasteiger charge is -2.10. The number of nitrogens with zero attached hydrogens (tertiary/aromatic N) is 2. The van der Waals surface area contributed by atoms with E-state index in [1.165, 1.54) is 19.2 Å². The number of para-hydroxylation sites is 1. The highest BCUT2D eigenvalue weighted by atomic mass is 19.4. The van der Waals surface area contributed by atoms with E-state index < -0.39 is 17.6 Å². The molecule has 0 atom stereocenters. The molecule has 1 aromatic heterocycles. The molecule has 0 saturated heterocycles. The number of hydrogen-bond acceptors (Lipinski definition) is 3. The second-order valence-electron chi connectivity index (χ2n) is 7.12. The van der Waals surface area contributed by atoms with E-state index in [0.717, 1.165) is 23.0 Å². The van der Waals surface area contributed by atoms with Crippen LogP contribution in [0.2, 0.25) is 0 Å². The predicted molar refractivity (Wildman–Crippen MR) is 116 cm³/mol. The minimum Gasteiger partial charge on any atom is -0.497 e. The summed E-state index contributed by atoms with van der Waals surface area (Å²) in [6.45, 7) is 3.73. The minimum atomic E-state index is -4.42. The highest BCUT2D eigenvalue weighted by Gasteiger charge is 2.30. The van der Waals surface area contributed by atoms with Gasteiger partial charge in [-0.25, -0.2) is 4.68 Å². The molecule has 1 heterocycles. The number of fused-ring (bicyclic) bond motifs is 1. The van der Waals surface area contributed by atoms with E-state index in [0.29, 0.717) is 28.3 Å². The molecule has 8 heteroatoms. The summed E-state index contributed by atoms with van der Waals surface area (Å²) >= 11 is 0. The Morgan fingerprint density at radius 3 is 2.38 bits per heavy atom. The number of rotatable bonds is 5. The maximum Gasteiger partial charge on any atom is 0.416 e. The van der Waals surface area contributed by atoms with Crippen molar-refractivity contribution in [3.05, 3.63) is 84.4 Å². The molecule has 0 aliphatic heterocycles. The standard InChI is InChI=1S/C24H18F3N3O2/c1-14(23(28)31)16-11-18(13-19(12-16)32-2)30-21-6-4-3-5-20(21)22(29-30)15-7-9-17(10-8-15)24(25,26)27/h3-13H,1H2,2H3,(H2,28,31). The predicted octanol–water partition coefficient (Wildman–Crippen LogP) is 5.22. The van der Waals surface area contributed by atoms with Gasteiger partial charge in [0, 0.05) is 22.6 Å². The Labute approximate surface area is 181 Å². The smallest absolute Gasteiger partial charge is 0.416 e. The van der Waals surface area contributed by atoms with Crippen molar-refractivity contribution in [1.29, 1.82) is 0 Å². The number of alkyl halides is 3. The molecule has 4 rings (SSSR count). The fourth-order valence-electron chi connectivity index (χ4n) is 3.43. The third-order valence-electron chi connectivity index (χ3n) is 5.09. The third kappa shape index (κ3) is 3.82. The summed E-state index contributed by atoms with van der Waals surface area (Å²) in [6.07, 6.45) is -4.42. The molecule has 1 amide bonds. The van der Waals surface area contributed by atoms with Crippen LogP contribution in [0.1, 0.15) is 11.1 Å². The van der Waals surface area contributed by atoms with Gasteiger partial charge in [-0.2, -0.15) is 18.3 Å². The molecule has 4 aromatic rings. The molecule has 162 valence electrons. The number of hydrogen-bond donors (Lipinski definition) is 1. The average Bonchev–Trinajstić information content (AvgIpc) is 3.17. The Hall–Kier alpha value is -4.07. The van der Waals surface area contributed by atoms with Crippen LogP contribution in [-0.2, 0) is 11.0 Å². The summed E-state index contributed by atoms with van der Waals surface area (Å²) in [5, 5.41) is 5.43. The number of primary amides is 1. The van der Waals surface area contributed by atoms with Crippen molar-refractivity contribution in [2.45, 2.75) is 6.18 Å². The topological polar surface area (TPSA) is 70.1 Å². The highest BCUT2D eigenvalue weighted by molar-refractivity contribution is 6.18. The fourth-order valence-corrected chi connectivity index (χ4v) is 3.43. The molecule has 0 bridgehead atoms. The molecule has 0 radical (unpaired) electrons. The minimum absolute atomic E-state index is 0.115. The Bertz CT molecular complexity index is 1340. The third-order valence-corrected chi connectivity index (χ3v) is 5.09. The van der Waals surface area contributed by atoms with Crippen molar-refractivity contribution in [1.82, 2.24) is 9.78 Å². The summed E-state index contributed by atoms with van der Waals surface area (Å²) < 4.78 is 45.9. The van der Waals surface area contributed by atoms with Gasteiger partial charge >= 0.3 is 6.18 Å². The van der Waals surface area contributed by atoms with Gasteiger partial charge in [0.25, 0.3) is 0 Å². The molecule has 3 aromatic carbocycles. The van der Waals surface area contributed by atoms with Gasteiger partial charge in [0.05, 0.1) is 23.9 Å². The van der Waals surface area contributed by atoms with Gasteiger partial charge in [0.15, 0.2) is 0 Å². The zero-order chi connectivity index (χ0) is 23.0. The molecule has 0 spiro atoms. The van der Waals surface area contributed by atoms with Crippen LogP contribution in [0.25, 0.3) is 33.4 Å². The van der Waals surface area contributed by atoms with E-state index in [1.54, 1.807) is 22.9 Å². The number of benzene rings is 3. The first-order valence-electron chi connectivity index (χ1n) is 9.53. The average molecular weight is 437 g/mol. The molecular weight excluding hydrogens is 419 g/mol. The molecule has 32 heavy (non-hydrogen) atoms. The van der Waals surface area contributed by atoms with E-state index in [2.05, 4.69) is 11.7 Å². The van der Waals surface area contributed by atoms with Gasteiger partial charge in [-0.1, -0.05) is 36.9 Å². The van der Waals surface area contributed by atoms with Crippen molar-refractivity contribution in [3.63, 3.8) is 0 Å². The van der Waals surface area contributed by atoms with Gasteiger partial charge in [-0.15, -0.1) is 0 Å².